The van der Waals surface area contributed by atoms with Gasteiger partial charge >= 0.3 is 0 Å². The minimum atomic E-state index is 0.0237. The van der Waals surface area contributed by atoms with Gasteiger partial charge in [-0.1, -0.05) is 65.8 Å². The standard InChI is InChI=1S/C22H17N3O2/c26-20(17-9-5-2-6-10-17)15-19-14-18(11-12-23-19)22-24-21(25-27-22)13-16-7-3-1-4-8-16/h1-12,14H,13,15H2. The second-order valence-corrected chi connectivity index (χ2v) is 6.18. The molecule has 132 valence electrons. The fourth-order valence-electron chi connectivity index (χ4n) is 2.82. The van der Waals surface area contributed by atoms with Gasteiger partial charge in [0.25, 0.3) is 5.89 Å². The van der Waals surface area contributed by atoms with Gasteiger partial charge in [0, 0.05) is 29.4 Å². The van der Waals surface area contributed by atoms with E-state index in [1.54, 1.807) is 24.4 Å². The van der Waals surface area contributed by atoms with Crippen molar-refractivity contribution in [3.05, 3.63) is 102 Å². The number of benzene rings is 2. The molecule has 2 aromatic heterocycles. The van der Waals surface area contributed by atoms with Crippen molar-refractivity contribution in [1.82, 2.24) is 15.1 Å². The van der Waals surface area contributed by atoms with E-state index in [1.807, 2.05) is 54.6 Å². The lowest BCUT2D eigenvalue weighted by Gasteiger charge is -2.02. The Labute approximate surface area is 156 Å². The highest BCUT2D eigenvalue weighted by atomic mass is 16.5. The molecule has 2 heterocycles. The Bertz CT molecular complexity index is 1040. The van der Waals surface area contributed by atoms with Crippen molar-refractivity contribution in [3.8, 4) is 11.5 Å². The largest absolute Gasteiger partial charge is 0.334 e. The molecule has 0 saturated carbocycles. The van der Waals surface area contributed by atoms with Gasteiger partial charge in [-0.3, -0.25) is 9.78 Å². The van der Waals surface area contributed by atoms with Gasteiger partial charge in [-0.2, -0.15) is 4.98 Å². The number of rotatable bonds is 6. The second-order valence-electron chi connectivity index (χ2n) is 6.18. The molecule has 0 fully saturated rings. The van der Waals surface area contributed by atoms with Crippen LogP contribution in [0, 0.1) is 0 Å². The lowest BCUT2D eigenvalue weighted by Crippen LogP contribution is -2.04. The van der Waals surface area contributed by atoms with Crippen LogP contribution in [-0.4, -0.2) is 20.9 Å². The van der Waals surface area contributed by atoms with Crippen molar-refractivity contribution in [2.24, 2.45) is 0 Å². The molecule has 0 spiro atoms. The van der Waals surface area contributed by atoms with Gasteiger partial charge in [0.1, 0.15) is 0 Å². The fraction of sp³-hybridized carbons (Fsp3) is 0.0909. The molecule has 5 heteroatoms. The maximum absolute atomic E-state index is 12.4. The quantitative estimate of drug-likeness (QED) is 0.486. The minimum Gasteiger partial charge on any atom is -0.334 e. The summed E-state index contributed by atoms with van der Waals surface area (Å²) in [5.41, 5.74) is 3.22. The first kappa shape index (κ1) is 16.8. The molecule has 0 aliphatic heterocycles. The molecule has 0 N–H and O–H groups in total. The van der Waals surface area contributed by atoms with Crippen LogP contribution in [0.25, 0.3) is 11.5 Å². The van der Waals surface area contributed by atoms with Gasteiger partial charge in [0.2, 0.25) is 0 Å². The summed E-state index contributed by atoms with van der Waals surface area (Å²) in [6.45, 7) is 0. The summed E-state index contributed by atoms with van der Waals surface area (Å²) in [7, 11) is 0. The van der Waals surface area contributed by atoms with E-state index in [-0.39, 0.29) is 12.2 Å². The molecule has 0 unspecified atom stereocenters. The van der Waals surface area contributed by atoms with E-state index in [2.05, 4.69) is 15.1 Å². The summed E-state index contributed by atoms with van der Waals surface area (Å²) in [5.74, 6) is 1.07. The molecule has 4 rings (SSSR count). The van der Waals surface area contributed by atoms with Crippen molar-refractivity contribution in [2.75, 3.05) is 0 Å². The zero-order valence-electron chi connectivity index (χ0n) is 14.6. The number of Topliss-reactive ketones (excluding diaryl/α,β-unsaturated/α-hetero) is 1. The highest BCUT2D eigenvalue weighted by molar-refractivity contribution is 5.97. The molecule has 0 atom stereocenters. The van der Waals surface area contributed by atoms with E-state index in [1.165, 1.54) is 0 Å². The SMILES string of the molecule is O=C(Cc1cc(-c2nc(Cc3ccccc3)no2)ccn1)c1ccccc1. The normalized spacial score (nSPS) is 10.7. The molecule has 0 radical (unpaired) electrons. The van der Waals surface area contributed by atoms with Gasteiger partial charge in [-0.05, 0) is 17.7 Å². The maximum Gasteiger partial charge on any atom is 0.258 e. The number of hydrogen-bond acceptors (Lipinski definition) is 5. The van der Waals surface area contributed by atoms with Gasteiger partial charge in [0.15, 0.2) is 11.6 Å². The Kier molecular flexibility index (Phi) is 4.83. The molecular formula is C22H17N3O2. The number of ketones is 1. The van der Waals surface area contributed by atoms with Crippen LogP contribution in [0.15, 0.2) is 83.5 Å². The van der Waals surface area contributed by atoms with Gasteiger partial charge in [-0.15, -0.1) is 0 Å². The van der Waals surface area contributed by atoms with E-state index in [4.69, 9.17) is 4.52 Å². The average molecular weight is 355 g/mol. The molecule has 0 aliphatic carbocycles. The zero-order chi connectivity index (χ0) is 18.5. The summed E-state index contributed by atoms with van der Waals surface area (Å²) >= 11 is 0. The first-order valence-corrected chi connectivity index (χ1v) is 8.68. The minimum absolute atomic E-state index is 0.0237. The van der Waals surface area contributed by atoms with Crippen LogP contribution in [-0.2, 0) is 12.8 Å². The second kappa shape index (κ2) is 7.74. The van der Waals surface area contributed by atoms with Crippen LogP contribution >= 0.6 is 0 Å². The van der Waals surface area contributed by atoms with E-state index < -0.39 is 0 Å². The summed E-state index contributed by atoms with van der Waals surface area (Å²) in [6, 6.07) is 22.8. The molecule has 0 bridgehead atoms. The van der Waals surface area contributed by atoms with Gasteiger partial charge < -0.3 is 4.52 Å². The highest BCUT2D eigenvalue weighted by Crippen LogP contribution is 2.19. The van der Waals surface area contributed by atoms with Crippen LogP contribution in [0.2, 0.25) is 0 Å². The molecule has 4 aromatic rings. The molecular weight excluding hydrogens is 338 g/mol. The van der Waals surface area contributed by atoms with Crippen LogP contribution in [0.1, 0.15) is 27.4 Å². The monoisotopic (exact) mass is 355 g/mol. The number of carbonyl (C=O) groups is 1. The molecule has 2 aromatic carbocycles. The molecule has 0 amide bonds. The van der Waals surface area contributed by atoms with Crippen LogP contribution in [0.3, 0.4) is 0 Å². The predicted octanol–water partition coefficient (Wildman–Crippen LogP) is 4.15. The third kappa shape index (κ3) is 4.15. The van der Waals surface area contributed by atoms with E-state index >= 15 is 0 Å². The Morgan fingerprint density at radius 1 is 0.926 bits per heavy atom. The molecule has 27 heavy (non-hydrogen) atoms. The number of nitrogens with zero attached hydrogens (tertiary/aromatic N) is 3. The van der Waals surface area contributed by atoms with E-state index in [0.29, 0.717) is 29.4 Å². The van der Waals surface area contributed by atoms with Crippen molar-refractivity contribution in [2.45, 2.75) is 12.8 Å². The predicted molar refractivity (Wildman–Crippen MR) is 101 cm³/mol. The lowest BCUT2D eigenvalue weighted by molar-refractivity contribution is 0.0992. The smallest absolute Gasteiger partial charge is 0.258 e. The molecule has 0 aliphatic rings. The third-order valence-electron chi connectivity index (χ3n) is 4.17. The summed E-state index contributed by atoms with van der Waals surface area (Å²) in [4.78, 5) is 21.1. The number of hydrogen-bond donors (Lipinski definition) is 0. The summed E-state index contributed by atoms with van der Waals surface area (Å²) in [6.07, 6.45) is 2.49. The zero-order valence-corrected chi connectivity index (χ0v) is 14.6. The van der Waals surface area contributed by atoms with Gasteiger partial charge in [-0.25, -0.2) is 0 Å². The van der Waals surface area contributed by atoms with Crippen molar-refractivity contribution < 1.29 is 9.32 Å². The highest BCUT2D eigenvalue weighted by Gasteiger charge is 2.12. The fourth-order valence-corrected chi connectivity index (χ4v) is 2.82. The first-order chi connectivity index (χ1) is 13.3. The molecule has 5 nitrogen and oxygen atoms in total. The Morgan fingerprint density at radius 2 is 1.67 bits per heavy atom. The topological polar surface area (TPSA) is 68.9 Å². The number of carbonyl (C=O) groups excluding carboxylic acids is 1. The summed E-state index contributed by atoms with van der Waals surface area (Å²) in [5, 5.41) is 4.05. The van der Waals surface area contributed by atoms with Crippen molar-refractivity contribution >= 4 is 5.78 Å². The Hall–Kier alpha value is -3.60. The van der Waals surface area contributed by atoms with Gasteiger partial charge in [0.05, 0.1) is 6.42 Å². The van der Waals surface area contributed by atoms with Crippen LogP contribution < -0.4 is 0 Å². The van der Waals surface area contributed by atoms with E-state index in [0.717, 1.165) is 11.1 Å². The van der Waals surface area contributed by atoms with Crippen molar-refractivity contribution in [1.29, 1.82) is 0 Å². The Morgan fingerprint density at radius 3 is 2.44 bits per heavy atom. The number of aromatic nitrogens is 3. The van der Waals surface area contributed by atoms with Crippen molar-refractivity contribution in [3.63, 3.8) is 0 Å². The first-order valence-electron chi connectivity index (χ1n) is 8.68. The lowest BCUT2D eigenvalue weighted by atomic mass is 10.1. The average Bonchev–Trinajstić information content (AvgIpc) is 3.18. The maximum atomic E-state index is 12.4. The summed E-state index contributed by atoms with van der Waals surface area (Å²) < 4.78 is 5.39. The third-order valence-corrected chi connectivity index (χ3v) is 4.17. The Balaban J connectivity index is 1.50. The van der Waals surface area contributed by atoms with E-state index in [9.17, 15) is 4.79 Å². The van der Waals surface area contributed by atoms with Crippen LogP contribution in [0.4, 0.5) is 0 Å². The van der Waals surface area contributed by atoms with Crippen LogP contribution in [0.5, 0.6) is 0 Å². The molecule has 0 saturated heterocycles. The number of pyridine rings is 1.